The van der Waals surface area contributed by atoms with Gasteiger partial charge in [0, 0.05) is 12.5 Å². The minimum absolute atomic E-state index is 0.00937. The highest BCUT2D eigenvalue weighted by molar-refractivity contribution is 4.82. The number of hydrogen-bond donors (Lipinski definition) is 0. The van der Waals surface area contributed by atoms with E-state index in [4.69, 9.17) is 9.47 Å². The quantitative estimate of drug-likeness (QED) is 0.495. The molecule has 2 heteroatoms. The molecular formula is C16H30O2. The van der Waals surface area contributed by atoms with Crippen LogP contribution in [0.3, 0.4) is 0 Å². The Labute approximate surface area is 113 Å². The zero-order chi connectivity index (χ0) is 13.5. The van der Waals surface area contributed by atoms with E-state index in [9.17, 15) is 0 Å². The second kappa shape index (κ2) is 7.96. The lowest BCUT2D eigenvalue weighted by Gasteiger charge is -2.43. The summed E-state index contributed by atoms with van der Waals surface area (Å²) in [6.07, 6.45) is 6.73. The number of unbranched alkanes of at least 4 members (excludes halogenated alkanes) is 2. The first-order valence-corrected chi connectivity index (χ1v) is 7.49. The molecule has 0 saturated carbocycles. The van der Waals surface area contributed by atoms with E-state index < -0.39 is 0 Å². The highest BCUT2D eigenvalue weighted by Gasteiger charge is 2.38. The lowest BCUT2D eigenvalue weighted by Crippen LogP contribution is -2.45. The summed E-state index contributed by atoms with van der Waals surface area (Å²) in [4.78, 5) is 0. The van der Waals surface area contributed by atoms with E-state index in [-0.39, 0.29) is 6.29 Å². The fourth-order valence-electron chi connectivity index (χ4n) is 2.73. The maximum atomic E-state index is 6.09. The largest absolute Gasteiger partial charge is 0.352 e. The van der Waals surface area contributed by atoms with Crippen LogP contribution >= 0.6 is 0 Å². The highest BCUT2D eigenvalue weighted by atomic mass is 16.7. The molecule has 1 saturated heterocycles. The third-order valence-electron chi connectivity index (χ3n) is 4.47. The normalized spacial score (nSPS) is 36.6. The second-order valence-electron chi connectivity index (χ2n) is 5.68. The van der Waals surface area contributed by atoms with E-state index in [1.165, 1.54) is 0 Å². The Bertz CT molecular complexity index is 237. The zero-order valence-electron chi connectivity index (χ0n) is 12.5. The summed E-state index contributed by atoms with van der Waals surface area (Å²) in [6.45, 7) is 13.6. The SMILES string of the molecule is C=CCCCCO[C@@H]1OC(CC)[C@@H](C)[C@H](C)C1C. The van der Waals surface area contributed by atoms with Gasteiger partial charge in [-0.15, -0.1) is 6.58 Å². The van der Waals surface area contributed by atoms with Crippen molar-refractivity contribution < 1.29 is 9.47 Å². The predicted molar refractivity (Wildman–Crippen MR) is 76.4 cm³/mol. The Morgan fingerprint density at radius 1 is 1.11 bits per heavy atom. The van der Waals surface area contributed by atoms with Crippen LogP contribution in [-0.4, -0.2) is 19.0 Å². The second-order valence-corrected chi connectivity index (χ2v) is 5.68. The van der Waals surface area contributed by atoms with Crippen molar-refractivity contribution in [2.24, 2.45) is 17.8 Å². The van der Waals surface area contributed by atoms with Gasteiger partial charge >= 0.3 is 0 Å². The van der Waals surface area contributed by atoms with Gasteiger partial charge in [0.05, 0.1) is 6.10 Å². The van der Waals surface area contributed by atoms with Crippen molar-refractivity contribution in [3.05, 3.63) is 12.7 Å². The summed E-state index contributed by atoms with van der Waals surface area (Å²) < 4.78 is 12.0. The molecule has 1 fully saturated rings. The molecular weight excluding hydrogens is 224 g/mol. The van der Waals surface area contributed by atoms with Gasteiger partial charge in [0.1, 0.15) is 0 Å². The van der Waals surface area contributed by atoms with Crippen LogP contribution in [0.25, 0.3) is 0 Å². The van der Waals surface area contributed by atoms with E-state index in [0.29, 0.717) is 23.9 Å². The molecule has 1 aliphatic heterocycles. The Balaban J connectivity index is 2.37. The molecule has 106 valence electrons. The summed E-state index contributed by atoms with van der Waals surface area (Å²) in [6, 6.07) is 0. The molecule has 0 amide bonds. The highest BCUT2D eigenvalue weighted by Crippen LogP contribution is 2.36. The topological polar surface area (TPSA) is 18.5 Å². The molecule has 0 aromatic carbocycles. The maximum absolute atomic E-state index is 6.09. The van der Waals surface area contributed by atoms with Gasteiger partial charge in [-0.1, -0.05) is 33.8 Å². The Kier molecular flexibility index (Phi) is 6.95. The number of allylic oxidation sites excluding steroid dienone is 1. The van der Waals surface area contributed by atoms with Gasteiger partial charge in [-0.3, -0.25) is 0 Å². The molecule has 18 heavy (non-hydrogen) atoms. The summed E-state index contributed by atoms with van der Waals surface area (Å²) in [5.74, 6) is 1.79. The molecule has 0 aromatic rings. The van der Waals surface area contributed by atoms with Crippen molar-refractivity contribution >= 4 is 0 Å². The summed E-state index contributed by atoms with van der Waals surface area (Å²) in [5, 5.41) is 0. The molecule has 1 rings (SSSR count). The van der Waals surface area contributed by atoms with Crippen molar-refractivity contribution in [1.82, 2.24) is 0 Å². The molecule has 2 nitrogen and oxygen atoms in total. The Morgan fingerprint density at radius 2 is 1.83 bits per heavy atom. The molecule has 0 bridgehead atoms. The first kappa shape index (κ1) is 15.7. The molecule has 0 radical (unpaired) electrons. The number of ether oxygens (including phenoxy) is 2. The van der Waals surface area contributed by atoms with Crippen LogP contribution in [0.4, 0.5) is 0 Å². The van der Waals surface area contributed by atoms with Gasteiger partial charge in [-0.25, -0.2) is 0 Å². The summed E-state index contributed by atoms with van der Waals surface area (Å²) in [5.41, 5.74) is 0. The molecule has 5 atom stereocenters. The van der Waals surface area contributed by atoms with Crippen LogP contribution < -0.4 is 0 Å². The van der Waals surface area contributed by atoms with Crippen LogP contribution in [0, 0.1) is 17.8 Å². The fraction of sp³-hybridized carbons (Fsp3) is 0.875. The molecule has 0 N–H and O–H groups in total. The minimum atomic E-state index is -0.00937. The predicted octanol–water partition coefficient (Wildman–Crippen LogP) is 4.40. The minimum Gasteiger partial charge on any atom is -0.352 e. The van der Waals surface area contributed by atoms with E-state index in [2.05, 4.69) is 34.3 Å². The molecule has 2 unspecified atom stereocenters. The third kappa shape index (κ3) is 4.10. The van der Waals surface area contributed by atoms with E-state index >= 15 is 0 Å². The Morgan fingerprint density at radius 3 is 2.44 bits per heavy atom. The average molecular weight is 254 g/mol. The average Bonchev–Trinajstić information content (AvgIpc) is 2.38. The van der Waals surface area contributed by atoms with E-state index in [1.54, 1.807) is 0 Å². The smallest absolute Gasteiger partial charge is 0.160 e. The fourth-order valence-corrected chi connectivity index (χ4v) is 2.73. The lowest BCUT2D eigenvalue weighted by molar-refractivity contribution is -0.248. The number of rotatable bonds is 7. The third-order valence-corrected chi connectivity index (χ3v) is 4.47. The first-order valence-electron chi connectivity index (χ1n) is 7.49. The van der Waals surface area contributed by atoms with Gasteiger partial charge in [-0.2, -0.15) is 0 Å². The van der Waals surface area contributed by atoms with Gasteiger partial charge < -0.3 is 9.47 Å². The van der Waals surface area contributed by atoms with Crippen LogP contribution in [0.15, 0.2) is 12.7 Å². The molecule has 0 spiro atoms. The van der Waals surface area contributed by atoms with Crippen molar-refractivity contribution in [2.75, 3.05) is 6.61 Å². The zero-order valence-corrected chi connectivity index (χ0v) is 12.5. The van der Waals surface area contributed by atoms with Crippen LogP contribution in [0.2, 0.25) is 0 Å². The van der Waals surface area contributed by atoms with Crippen LogP contribution in [-0.2, 0) is 9.47 Å². The van der Waals surface area contributed by atoms with Crippen molar-refractivity contribution in [3.8, 4) is 0 Å². The van der Waals surface area contributed by atoms with Crippen LogP contribution in [0.5, 0.6) is 0 Å². The van der Waals surface area contributed by atoms with Crippen molar-refractivity contribution in [1.29, 1.82) is 0 Å². The Hall–Kier alpha value is -0.340. The summed E-state index contributed by atoms with van der Waals surface area (Å²) >= 11 is 0. The molecule has 0 aliphatic carbocycles. The van der Waals surface area contributed by atoms with Crippen molar-refractivity contribution in [2.45, 2.75) is 65.8 Å². The van der Waals surface area contributed by atoms with Gasteiger partial charge in [0.15, 0.2) is 6.29 Å². The lowest BCUT2D eigenvalue weighted by atomic mass is 9.78. The molecule has 0 aromatic heterocycles. The first-order chi connectivity index (χ1) is 8.61. The van der Waals surface area contributed by atoms with E-state index in [0.717, 1.165) is 32.3 Å². The van der Waals surface area contributed by atoms with Gasteiger partial charge in [0.25, 0.3) is 0 Å². The summed E-state index contributed by atoms with van der Waals surface area (Å²) in [7, 11) is 0. The maximum Gasteiger partial charge on any atom is 0.160 e. The molecule has 1 aliphatic rings. The van der Waals surface area contributed by atoms with Gasteiger partial charge in [-0.05, 0) is 37.5 Å². The van der Waals surface area contributed by atoms with E-state index in [1.807, 2.05) is 6.08 Å². The number of hydrogen-bond acceptors (Lipinski definition) is 2. The van der Waals surface area contributed by atoms with Gasteiger partial charge in [0.2, 0.25) is 0 Å². The van der Waals surface area contributed by atoms with Crippen molar-refractivity contribution in [3.63, 3.8) is 0 Å². The van der Waals surface area contributed by atoms with Crippen LogP contribution in [0.1, 0.15) is 53.4 Å². The molecule has 1 heterocycles. The monoisotopic (exact) mass is 254 g/mol. The standard InChI is InChI=1S/C16H30O2/c1-6-8-9-10-11-17-16-14(5)12(3)13(4)15(7-2)18-16/h6,12-16H,1,7-11H2,2-5H3/t12-,13-,14?,15?,16+/m0/s1.